The molecule has 0 aromatic heterocycles. The molecule has 4 heteroatoms. The molecule has 0 aliphatic carbocycles. The van der Waals surface area contributed by atoms with E-state index in [0.717, 1.165) is 5.56 Å². The number of aryl methyl sites for hydroxylation is 1. The lowest BCUT2D eigenvalue weighted by Gasteiger charge is -2.09. The van der Waals surface area contributed by atoms with Crippen molar-refractivity contribution < 1.29 is 14.6 Å². The van der Waals surface area contributed by atoms with Crippen molar-refractivity contribution in [3.05, 3.63) is 28.3 Å². The summed E-state index contributed by atoms with van der Waals surface area (Å²) in [5, 5.41) is 9.30. The molecule has 14 heavy (non-hydrogen) atoms. The molecule has 0 fully saturated rings. The van der Waals surface area contributed by atoms with Crippen molar-refractivity contribution in [2.24, 2.45) is 0 Å². The van der Waals surface area contributed by atoms with Crippen LogP contribution in [0, 0.1) is 6.92 Å². The Morgan fingerprint density at radius 3 is 2.71 bits per heavy atom. The van der Waals surface area contributed by atoms with Crippen molar-refractivity contribution in [1.82, 2.24) is 0 Å². The predicted octanol–water partition coefficient (Wildman–Crippen LogP) is 2.75. The maximum atomic E-state index is 10.8. The molecular weight excluding hydrogens is 204 g/mol. The third-order valence-electron chi connectivity index (χ3n) is 1.79. The minimum absolute atomic E-state index is 0.0995. The number of hydrogen-bond donors (Lipinski definition) is 1. The summed E-state index contributed by atoms with van der Waals surface area (Å²) < 4.78 is 5.19. The molecule has 0 radical (unpaired) electrons. The van der Waals surface area contributed by atoms with E-state index >= 15 is 0 Å². The minimum Gasteiger partial charge on any atom is -0.493 e. The van der Waals surface area contributed by atoms with Gasteiger partial charge in [0.25, 0.3) is 0 Å². The minimum atomic E-state index is -1.03. The highest BCUT2D eigenvalue weighted by molar-refractivity contribution is 6.31. The monoisotopic (exact) mass is 214 g/mol. The molecule has 1 aromatic carbocycles. The molecule has 76 valence electrons. The van der Waals surface area contributed by atoms with Crippen molar-refractivity contribution in [1.29, 1.82) is 0 Å². The van der Waals surface area contributed by atoms with Gasteiger partial charge in [-0.25, -0.2) is 4.79 Å². The molecule has 1 rings (SSSR count). The van der Waals surface area contributed by atoms with Crippen LogP contribution in [0.2, 0.25) is 5.02 Å². The molecule has 0 unspecified atom stereocenters. The van der Waals surface area contributed by atoms with E-state index in [-0.39, 0.29) is 5.56 Å². The summed E-state index contributed by atoms with van der Waals surface area (Å²) in [6.45, 7) is 4.04. The Bertz CT molecular complexity index is 361. The van der Waals surface area contributed by atoms with Crippen LogP contribution >= 0.6 is 11.6 Å². The van der Waals surface area contributed by atoms with Gasteiger partial charge >= 0.3 is 5.97 Å². The van der Waals surface area contributed by atoms with Crippen LogP contribution in [0.25, 0.3) is 0 Å². The SMILES string of the molecule is CCOc1cc(C)c(Cl)cc1C(=O)O. The zero-order valence-corrected chi connectivity index (χ0v) is 8.76. The molecule has 0 bridgehead atoms. The van der Waals surface area contributed by atoms with E-state index in [1.807, 2.05) is 0 Å². The van der Waals surface area contributed by atoms with Crippen LogP contribution in [0.3, 0.4) is 0 Å². The summed E-state index contributed by atoms with van der Waals surface area (Å²) in [5.74, 6) is -0.669. The summed E-state index contributed by atoms with van der Waals surface area (Å²) in [7, 11) is 0. The molecule has 3 nitrogen and oxygen atoms in total. The second kappa shape index (κ2) is 4.33. The van der Waals surface area contributed by atoms with Crippen molar-refractivity contribution in [2.75, 3.05) is 6.61 Å². The third-order valence-corrected chi connectivity index (χ3v) is 2.20. The average Bonchev–Trinajstić information content (AvgIpc) is 2.11. The van der Waals surface area contributed by atoms with E-state index in [9.17, 15) is 4.79 Å². The summed E-state index contributed by atoms with van der Waals surface area (Å²) >= 11 is 5.81. The molecule has 0 atom stereocenters. The van der Waals surface area contributed by atoms with Crippen LogP contribution in [-0.2, 0) is 0 Å². The highest BCUT2D eigenvalue weighted by Gasteiger charge is 2.13. The molecule has 0 spiro atoms. The fourth-order valence-corrected chi connectivity index (χ4v) is 1.26. The Labute approximate surface area is 87.3 Å². The molecule has 1 aromatic rings. The normalized spacial score (nSPS) is 9.93. The van der Waals surface area contributed by atoms with Crippen LogP contribution < -0.4 is 4.74 Å². The van der Waals surface area contributed by atoms with Crippen molar-refractivity contribution in [2.45, 2.75) is 13.8 Å². The number of carbonyl (C=O) groups is 1. The molecule has 1 N–H and O–H groups in total. The first-order valence-electron chi connectivity index (χ1n) is 4.22. The fraction of sp³-hybridized carbons (Fsp3) is 0.300. The van der Waals surface area contributed by atoms with Gasteiger partial charge in [0.1, 0.15) is 11.3 Å². The zero-order valence-electron chi connectivity index (χ0n) is 8.00. The maximum absolute atomic E-state index is 10.8. The summed E-state index contributed by atoms with van der Waals surface area (Å²) in [5.41, 5.74) is 0.905. The second-order valence-corrected chi connectivity index (χ2v) is 3.24. The topological polar surface area (TPSA) is 46.5 Å². The summed E-state index contributed by atoms with van der Waals surface area (Å²) in [6, 6.07) is 3.04. The van der Waals surface area contributed by atoms with Gasteiger partial charge in [-0.05, 0) is 31.5 Å². The largest absolute Gasteiger partial charge is 0.493 e. The second-order valence-electron chi connectivity index (χ2n) is 2.84. The van der Waals surface area contributed by atoms with Crippen LogP contribution in [0.15, 0.2) is 12.1 Å². The van der Waals surface area contributed by atoms with Crippen molar-refractivity contribution in [3.63, 3.8) is 0 Å². The highest BCUT2D eigenvalue weighted by atomic mass is 35.5. The van der Waals surface area contributed by atoms with E-state index in [1.165, 1.54) is 6.07 Å². The first-order valence-corrected chi connectivity index (χ1v) is 4.60. The Balaban J connectivity index is 3.24. The van der Waals surface area contributed by atoms with Crippen molar-refractivity contribution in [3.8, 4) is 5.75 Å². The Morgan fingerprint density at radius 2 is 2.21 bits per heavy atom. The molecule has 0 saturated heterocycles. The van der Waals surface area contributed by atoms with Gasteiger partial charge in [0.05, 0.1) is 6.61 Å². The van der Waals surface area contributed by atoms with Crippen LogP contribution in [0.4, 0.5) is 0 Å². The van der Waals surface area contributed by atoms with Crippen molar-refractivity contribution >= 4 is 17.6 Å². The molecular formula is C10H11ClO3. The zero-order chi connectivity index (χ0) is 10.7. The van der Waals surface area contributed by atoms with E-state index < -0.39 is 5.97 Å². The van der Waals surface area contributed by atoms with Crippen LogP contribution in [0.5, 0.6) is 5.75 Å². The van der Waals surface area contributed by atoms with Gasteiger partial charge in [-0.2, -0.15) is 0 Å². The predicted molar refractivity (Wildman–Crippen MR) is 54.3 cm³/mol. The summed E-state index contributed by atoms with van der Waals surface area (Å²) in [6.07, 6.45) is 0. The van der Waals surface area contributed by atoms with Gasteiger partial charge < -0.3 is 9.84 Å². The smallest absolute Gasteiger partial charge is 0.339 e. The van der Waals surface area contributed by atoms with Gasteiger partial charge in [-0.1, -0.05) is 11.6 Å². The summed E-state index contributed by atoms with van der Waals surface area (Å²) in [4.78, 5) is 10.8. The number of rotatable bonds is 3. The lowest BCUT2D eigenvalue weighted by molar-refractivity contribution is 0.0692. The van der Waals surface area contributed by atoms with E-state index in [2.05, 4.69) is 0 Å². The van der Waals surface area contributed by atoms with E-state index in [4.69, 9.17) is 21.4 Å². The average molecular weight is 215 g/mol. The number of aromatic carboxylic acids is 1. The van der Waals surface area contributed by atoms with Gasteiger partial charge in [0.2, 0.25) is 0 Å². The number of carboxylic acid groups (broad SMARTS) is 1. The number of carboxylic acids is 1. The van der Waals surface area contributed by atoms with Gasteiger partial charge in [0, 0.05) is 5.02 Å². The van der Waals surface area contributed by atoms with Gasteiger partial charge in [0.15, 0.2) is 0 Å². The fourth-order valence-electron chi connectivity index (χ4n) is 1.10. The molecule has 0 heterocycles. The van der Waals surface area contributed by atoms with Gasteiger partial charge in [-0.3, -0.25) is 0 Å². The number of benzene rings is 1. The molecule has 0 saturated carbocycles. The maximum Gasteiger partial charge on any atom is 0.339 e. The quantitative estimate of drug-likeness (QED) is 0.842. The first kappa shape index (κ1) is 10.9. The Kier molecular flexibility index (Phi) is 3.36. The molecule has 0 aliphatic rings. The van der Waals surface area contributed by atoms with E-state index in [1.54, 1.807) is 19.9 Å². The standard InChI is InChI=1S/C10H11ClO3/c1-3-14-9-4-6(2)8(11)5-7(9)10(12)13/h4-5H,3H2,1-2H3,(H,12,13). The number of ether oxygens (including phenoxy) is 1. The molecule has 0 amide bonds. The Morgan fingerprint density at radius 1 is 1.57 bits per heavy atom. The lowest BCUT2D eigenvalue weighted by atomic mass is 10.1. The number of halogens is 1. The Hall–Kier alpha value is -1.22. The molecule has 0 aliphatic heterocycles. The number of hydrogen-bond acceptors (Lipinski definition) is 2. The van der Waals surface area contributed by atoms with Crippen LogP contribution in [-0.4, -0.2) is 17.7 Å². The van der Waals surface area contributed by atoms with E-state index in [0.29, 0.717) is 17.4 Å². The first-order chi connectivity index (χ1) is 6.56. The highest BCUT2D eigenvalue weighted by Crippen LogP contribution is 2.26. The van der Waals surface area contributed by atoms with Crippen LogP contribution in [0.1, 0.15) is 22.8 Å². The van der Waals surface area contributed by atoms with Gasteiger partial charge in [-0.15, -0.1) is 0 Å². The third kappa shape index (κ3) is 2.17. The lowest BCUT2D eigenvalue weighted by Crippen LogP contribution is -2.03.